The quantitative estimate of drug-likeness (QED) is 0.171. The van der Waals surface area contributed by atoms with E-state index < -0.39 is 31.5 Å². The van der Waals surface area contributed by atoms with Crippen molar-refractivity contribution in [2.75, 3.05) is 43.2 Å². The summed E-state index contributed by atoms with van der Waals surface area (Å²) in [5.74, 6) is -1.24. The van der Waals surface area contributed by atoms with Gasteiger partial charge in [-0.05, 0) is 62.5 Å². The predicted octanol–water partition coefficient (Wildman–Crippen LogP) is 4.88. The molecular formula is C38H53N3O8Si. The molecule has 0 saturated carbocycles. The fraction of sp³-hybridized carbons (Fsp3) is 0.579. The van der Waals surface area contributed by atoms with E-state index in [1.807, 2.05) is 73.4 Å². The van der Waals surface area contributed by atoms with Crippen molar-refractivity contribution in [2.24, 2.45) is 5.92 Å². The first kappa shape index (κ1) is 37.7. The number of carbonyl (C=O) groups is 4. The van der Waals surface area contributed by atoms with Gasteiger partial charge in [-0.3, -0.25) is 19.2 Å². The summed E-state index contributed by atoms with van der Waals surface area (Å²) in [5.41, 5.74) is 1.00. The van der Waals surface area contributed by atoms with E-state index >= 15 is 0 Å². The smallest absolute Gasteiger partial charge is 0.305 e. The highest BCUT2D eigenvalue weighted by Crippen LogP contribution is 2.60. The number of aliphatic hydroxyl groups is 1. The minimum absolute atomic E-state index is 0.0516. The Morgan fingerprint density at radius 2 is 1.80 bits per heavy atom. The Morgan fingerprint density at radius 3 is 2.50 bits per heavy atom. The summed E-state index contributed by atoms with van der Waals surface area (Å²) in [6.45, 7) is 6.76. The molecule has 0 aromatic heterocycles. The fourth-order valence-corrected chi connectivity index (χ4v) is 10.8. The van der Waals surface area contributed by atoms with Crippen molar-refractivity contribution in [1.82, 2.24) is 4.90 Å². The molecule has 3 aliphatic rings. The maximum atomic E-state index is 14.8. The highest BCUT2D eigenvalue weighted by Gasteiger charge is 2.66. The number of benzene rings is 2. The summed E-state index contributed by atoms with van der Waals surface area (Å²) in [5, 5.41) is 9.84. The van der Waals surface area contributed by atoms with E-state index in [9.17, 15) is 29.1 Å². The van der Waals surface area contributed by atoms with Gasteiger partial charge >= 0.3 is 5.97 Å². The predicted molar refractivity (Wildman–Crippen MR) is 193 cm³/mol. The number of ether oxygens (including phenoxy) is 2. The van der Waals surface area contributed by atoms with Gasteiger partial charge in [0.25, 0.3) is 5.91 Å². The number of hydrogen-bond donors (Lipinski definition) is 2. The zero-order valence-corrected chi connectivity index (χ0v) is 30.9. The van der Waals surface area contributed by atoms with E-state index in [1.54, 1.807) is 9.80 Å². The van der Waals surface area contributed by atoms with Gasteiger partial charge in [0, 0.05) is 61.7 Å². The first-order valence-electron chi connectivity index (χ1n) is 18.1. The number of hydrogen-bond acceptors (Lipinski definition) is 8. The van der Waals surface area contributed by atoms with Crippen LogP contribution in [0.25, 0.3) is 0 Å². The first-order chi connectivity index (χ1) is 23.9. The third-order valence-corrected chi connectivity index (χ3v) is 13.2. The van der Waals surface area contributed by atoms with Crippen LogP contribution in [0.5, 0.6) is 0 Å². The van der Waals surface area contributed by atoms with Gasteiger partial charge < -0.3 is 34.1 Å². The Bertz CT molecular complexity index is 1530. The van der Waals surface area contributed by atoms with Gasteiger partial charge in [-0.25, -0.2) is 0 Å². The summed E-state index contributed by atoms with van der Waals surface area (Å²) < 4.78 is 11.8. The lowest BCUT2D eigenvalue weighted by molar-refractivity contribution is -0.150. The molecule has 3 heterocycles. The van der Waals surface area contributed by atoms with Crippen LogP contribution in [0.4, 0.5) is 11.4 Å². The molecule has 11 nitrogen and oxygen atoms in total. The standard InChI is InChI=1S/C38H53N3O8Si/c1-27-36(50(3,4)47)32(25-34(44)39(22-23-42)26-28-14-8-7-9-15-28)49-38(27)30-24-29(40-20-12-6-5-10-16-33(40)43)18-19-31(30)41(37(38)46)21-13-11-17-35(45)48-2/h7-9,14-15,18-19,24,27,32,36,42,47H,5-6,10-13,16-17,20-23,25-26H2,1-4H3/t27-,32+,36-,38+/m0/s1. The molecule has 2 N–H and O–H groups in total. The van der Waals surface area contributed by atoms with Crippen molar-refractivity contribution in [3.05, 3.63) is 59.7 Å². The summed E-state index contributed by atoms with van der Waals surface area (Å²) in [6.07, 6.45) is 4.77. The van der Waals surface area contributed by atoms with E-state index in [0.717, 1.165) is 31.2 Å². The Labute approximate surface area is 296 Å². The van der Waals surface area contributed by atoms with Crippen LogP contribution in [-0.2, 0) is 40.8 Å². The van der Waals surface area contributed by atoms with Crippen LogP contribution in [0.3, 0.4) is 0 Å². The number of aliphatic hydroxyl groups excluding tert-OH is 1. The Balaban J connectivity index is 1.52. The lowest BCUT2D eigenvalue weighted by Crippen LogP contribution is -2.46. The van der Waals surface area contributed by atoms with Crippen molar-refractivity contribution in [1.29, 1.82) is 0 Å². The SMILES string of the molecule is COC(=O)CCCCN1C(=O)[C@]2(O[C@H](CC(=O)N(CCO)Cc3ccccc3)[C@@H]([Si](C)(C)O)[C@@H]2C)c2cc(N3CCCCCCC3=O)ccc21. The number of esters is 1. The Kier molecular flexibility index (Phi) is 12.2. The molecule has 2 aromatic carbocycles. The zero-order valence-electron chi connectivity index (χ0n) is 29.9. The normalized spacial score (nSPS) is 23.9. The molecule has 3 aliphatic heterocycles. The molecule has 12 heteroatoms. The summed E-state index contributed by atoms with van der Waals surface area (Å²) in [4.78, 5) is 70.8. The maximum Gasteiger partial charge on any atom is 0.305 e. The van der Waals surface area contributed by atoms with Crippen molar-refractivity contribution < 1.29 is 38.6 Å². The van der Waals surface area contributed by atoms with Crippen molar-refractivity contribution in [2.45, 2.75) is 102 Å². The van der Waals surface area contributed by atoms with Gasteiger partial charge in [-0.15, -0.1) is 0 Å². The molecular weight excluding hydrogens is 655 g/mol. The summed E-state index contributed by atoms with van der Waals surface area (Å²) >= 11 is 0. The van der Waals surface area contributed by atoms with E-state index in [-0.39, 0.29) is 49.7 Å². The lowest BCUT2D eigenvalue weighted by Gasteiger charge is -2.33. The number of carbonyl (C=O) groups excluding carboxylic acids is 4. The molecule has 1 spiro atoms. The van der Waals surface area contributed by atoms with Crippen LogP contribution >= 0.6 is 0 Å². The maximum absolute atomic E-state index is 14.8. The van der Waals surface area contributed by atoms with Gasteiger partial charge in [0.05, 0.1) is 31.9 Å². The van der Waals surface area contributed by atoms with Gasteiger partial charge in [0.1, 0.15) is 0 Å². The molecule has 2 fully saturated rings. The Hall–Kier alpha value is -3.58. The van der Waals surface area contributed by atoms with Gasteiger partial charge in [0.2, 0.25) is 11.8 Å². The van der Waals surface area contributed by atoms with Crippen LogP contribution < -0.4 is 9.80 Å². The van der Waals surface area contributed by atoms with Gasteiger partial charge in [0.15, 0.2) is 13.9 Å². The molecule has 3 amide bonds. The molecule has 2 saturated heterocycles. The third-order valence-electron chi connectivity index (χ3n) is 10.7. The molecule has 272 valence electrons. The number of unbranched alkanes of at least 4 members (excludes halogenated alkanes) is 1. The van der Waals surface area contributed by atoms with Crippen LogP contribution in [0.15, 0.2) is 48.5 Å². The molecule has 4 atom stereocenters. The number of methoxy groups -OCH3 is 1. The summed E-state index contributed by atoms with van der Waals surface area (Å²) in [6, 6.07) is 15.3. The van der Waals surface area contributed by atoms with E-state index in [1.165, 1.54) is 7.11 Å². The van der Waals surface area contributed by atoms with Crippen LogP contribution in [-0.4, -0.2) is 86.3 Å². The lowest BCUT2D eigenvalue weighted by atomic mass is 9.82. The topological polar surface area (TPSA) is 137 Å². The van der Waals surface area contributed by atoms with Gasteiger partial charge in [-0.2, -0.15) is 0 Å². The molecule has 0 unspecified atom stereocenters. The average Bonchev–Trinajstić information content (AvgIpc) is 3.50. The fourth-order valence-electron chi connectivity index (χ4n) is 8.25. The number of rotatable bonds is 13. The second-order valence-electron chi connectivity index (χ2n) is 14.5. The van der Waals surface area contributed by atoms with Crippen molar-refractivity contribution in [3.63, 3.8) is 0 Å². The number of fused-ring (bicyclic) bond motifs is 2. The monoisotopic (exact) mass is 707 g/mol. The molecule has 0 radical (unpaired) electrons. The number of nitrogens with zero attached hydrogens (tertiary/aromatic N) is 3. The van der Waals surface area contributed by atoms with E-state index in [0.29, 0.717) is 55.8 Å². The second kappa shape index (κ2) is 16.2. The van der Waals surface area contributed by atoms with Crippen LogP contribution in [0.1, 0.15) is 75.8 Å². The molecule has 2 aromatic rings. The summed E-state index contributed by atoms with van der Waals surface area (Å²) in [7, 11) is -1.70. The molecule has 0 bridgehead atoms. The zero-order chi connectivity index (χ0) is 36.1. The Morgan fingerprint density at radius 1 is 1.06 bits per heavy atom. The number of amides is 3. The second-order valence-corrected chi connectivity index (χ2v) is 18.5. The minimum atomic E-state index is -3.06. The third kappa shape index (κ3) is 7.83. The highest BCUT2D eigenvalue weighted by molar-refractivity contribution is 6.71. The molecule has 50 heavy (non-hydrogen) atoms. The first-order valence-corrected chi connectivity index (χ1v) is 21.1. The average molecular weight is 708 g/mol. The molecule has 5 rings (SSSR count). The molecule has 0 aliphatic carbocycles. The number of anilines is 2. The highest BCUT2D eigenvalue weighted by atomic mass is 28.4. The van der Waals surface area contributed by atoms with Crippen molar-refractivity contribution in [3.8, 4) is 0 Å². The van der Waals surface area contributed by atoms with E-state index in [2.05, 4.69) is 0 Å². The van der Waals surface area contributed by atoms with Crippen molar-refractivity contribution >= 4 is 43.4 Å². The largest absolute Gasteiger partial charge is 0.469 e. The van der Waals surface area contributed by atoms with Crippen LogP contribution in [0.2, 0.25) is 18.6 Å². The van der Waals surface area contributed by atoms with E-state index in [4.69, 9.17) is 9.47 Å². The van der Waals surface area contributed by atoms with Gasteiger partial charge in [-0.1, -0.05) is 50.1 Å². The minimum Gasteiger partial charge on any atom is -0.469 e. The van der Waals surface area contributed by atoms with Crippen LogP contribution in [0, 0.1) is 5.92 Å².